The van der Waals surface area contributed by atoms with Gasteiger partial charge in [0.15, 0.2) is 0 Å². The van der Waals surface area contributed by atoms with Gasteiger partial charge in [-0.05, 0) is 24.1 Å². The zero-order chi connectivity index (χ0) is 15.4. The molecule has 2 rings (SSSR count). The van der Waals surface area contributed by atoms with Crippen molar-refractivity contribution in [3.8, 4) is 22.3 Å². The van der Waals surface area contributed by atoms with Crippen LogP contribution in [0.2, 0.25) is 0 Å². The van der Waals surface area contributed by atoms with Gasteiger partial charge in [0, 0.05) is 10.4 Å². The maximum Gasteiger partial charge on any atom is 0.387 e. The lowest BCUT2D eigenvalue weighted by Crippen LogP contribution is -2.03. The Labute approximate surface area is 125 Å². The number of nitrogen functional groups attached to an aromatic ring is 1. The summed E-state index contributed by atoms with van der Waals surface area (Å²) in [4.78, 5) is 1.13. The van der Waals surface area contributed by atoms with Crippen LogP contribution in [0.5, 0.6) is 5.75 Å². The first-order chi connectivity index (χ1) is 10.1. The smallest absolute Gasteiger partial charge is 0.387 e. The van der Waals surface area contributed by atoms with E-state index >= 15 is 0 Å². The lowest BCUT2D eigenvalue weighted by molar-refractivity contribution is -0.0494. The number of hydrogen-bond donors (Lipinski definition) is 1. The molecule has 1 heterocycles. The SMILES string of the molecule is CCCc1c(-c2ccccc2OC(F)F)sc(C#N)c1N. The minimum Gasteiger partial charge on any atom is -0.434 e. The van der Waals surface area contributed by atoms with E-state index in [1.807, 2.05) is 13.0 Å². The lowest BCUT2D eigenvalue weighted by atomic mass is 10.0. The Balaban J connectivity index is 2.59. The van der Waals surface area contributed by atoms with E-state index in [2.05, 4.69) is 4.74 Å². The van der Waals surface area contributed by atoms with Gasteiger partial charge in [0.25, 0.3) is 0 Å². The van der Waals surface area contributed by atoms with E-state index in [9.17, 15) is 8.78 Å². The molecule has 0 unspecified atom stereocenters. The van der Waals surface area contributed by atoms with E-state index in [0.717, 1.165) is 16.9 Å². The average Bonchev–Trinajstić information content (AvgIpc) is 2.76. The molecule has 0 bridgehead atoms. The largest absolute Gasteiger partial charge is 0.434 e. The third kappa shape index (κ3) is 3.14. The minimum absolute atomic E-state index is 0.0931. The highest BCUT2D eigenvalue weighted by Gasteiger charge is 2.20. The first-order valence-corrected chi connectivity index (χ1v) is 7.25. The van der Waals surface area contributed by atoms with Gasteiger partial charge < -0.3 is 10.5 Å². The Hall–Kier alpha value is -2.13. The van der Waals surface area contributed by atoms with E-state index in [0.29, 0.717) is 22.5 Å². The van der Waals surface area contributed by atoms with E-state index in [1.165, 1.54) is 17.4 Å². The van der Waals surface area contributed by atoms with Crippen molar-refractivity contribution < 1.29 is 13.5 Å². The van der Waals surface area contributed by atoms with E-state index in [1.54, 1.807) is 18.2 Å². The number of alkyl halides is 2. The fourth-order valence-corrected chi connectivity index (χ4v) is 3.23. The molecule has 6 heteroatoms. The van der Waals surface area contributed by atoms with Crippen LogP contribution in [0.25, 0.3) is 10.4 Å². The van der Waals surface area contributed by atoms with E-state index in [-0.39, 0.29) is 5.75 Å². The van der Waals surface area contributed by atoms with Crippen LogP contribution >= 0.6 is 11.3 Å². The Morgan fingerprint density at radius 2 is 2.10 bits per heavy atom. The number of nitrogens with two attached hydrogens (primary N) is 1. The van der Waals surface area contributed by atoms with Crippen molar-refractivity contribution in [2.24, 2.45) is 0 Å². The summed E-state index contributed by atoms with van der Waals surface area (Å²) in [6.07, 6.45) is 1.53. The van der Waals surface area contributed by atoms with Gasteiger partial charge in [0.05, 0.1) is 5.69 Å². The third-order valence-electron chi connectivity index (χ3n) is 3.00. The Bertz CT molecular complexity index is 677. The fourth-order valence-electron chi connectivity index (χ4n) is 2.13. The van der Waals surface area contributed by atoms with Crippen molar-refractivity contribution >= 4 is 17.0 Å². The molecule has 0 fully saturated rings. The zero-order valence-electron chi connectivity index (χ0n) is 11.4. The predicted octanol–water partition coefficient (Wildman–Crippen LogP) is 4.42. The van der Waals surface area contributed by atoms with Crippen molar-refractivity contribution in [3.05, 3.63) is 34.7 Å². The number of nitrogens with zero attached hydrogens (tertiary/aromatic N) is 1. The van der Waals surface area contributed by atoms with Crippen molar-refractivity contribution in [3.63, 3.8) is 0 Å². The fraction of sp³-hybridized carbons (Fsp3) is 0.267. The van der Waals surface area contributed by atoms with E-state index < -0.39 is 6.61 Å². The van der Waals surface area contributed by atoms with E-state index in [4.69, 9.17) is 11.0 Å². The van der Waals surface area contributed by atoms with Crippen LogP contribution in [0.3, 0.4) is 0 Å². The first-order valence-electron chi connectivity index (χ1n) is 6.43. The zero-order valence-corrected chi connectivity index (χ0v) is 12.2. The highest BCUT2D eigenvalue weighted by atomic mass is 32.1. The summed E-state index contributed by atoms with van der Waals surface area (Å²) in [7, 11) is 0. The quantitative estimate of drug-likeness (QED) is 0.889. The lowest BCUT2D eigenvalue weighted by Gasteiger charge is -2.11. The molecule has 0 aliphatic carbocycles. The minimum atomic E-state index is -2.89. The molecule has 2 N–H and O–H groups in total. The number of anilines is 1. The van der Waals surface area contributed by atoms with Crippen LogP contribution in [-0.4, -0.2) is 6.61 Å². The molecule has 3 nitrogen and oxygen atoms in total. The molecular weight excluding hydrogens is 294 g/mol. The summed E-state index contributed by atoms with van der Waals surface area (Å²) in [6.45, 7) is -0.900. The van der Waals surface area contributed by atoms with Gasteiger partial charge in [-0.25, -0.2) is 0 Å². The van der Waals surface area contributed by atoms with Crippen molar-refractivity contribution in [1.82, 2.24) is 0 Å². The molecule has 1 aromatic carbocycles. The molecule has 0 saturated heterocycles. The van der Waals surface area contributed by atoms with Crippen molar-refractivity contribution in [2.45, 2.75) is 26.4 Å². The normalized spacial score (nSPS) is 10.6. The number of para-hydroxylation sites is 1. The standard InChI is InChI=1S/C15H14F2N2OS/c1-2-5-10-13(19)12(8-18)21-14(10)9-6-3-4-7-11(9)20-15(16)17/h3-4,6-7,15H,2,5,19H2,1H3. The number of rotatable bonds is 5. The number of benzene rings is 1. The number of thiophene rings is 1. The Morgan fingerprint density at radius 3 is 2.71 bits per heavy atom. The van der Waals surface area contributed by atoms with Gasteiger partial charge in [-0.3, -0.25) is 0 Å². The molecule has 0 aliphatic heterocycles. The second-order valence-electron chi connectivity index (χ2n) is 4.39. The van der Waals surface area contributed by atoms with Gasteiger partial charge in [0.2, 0.25) is 0 Å². The molecule has 0 aliphatic rings. The van der Waals surface area contributed by atoms with Crippen LogP contribution in [0.1, 0.15) is 23.8 Å². The van der Waals surface area contributed by atoms with Crippen LogP contribution in [0.4, 0.5) is 14.5 Å². The maximum atomic E-state index is 12.5. The second-order valence-corrected chi connectivity index (χ2v) is 5.41. The predicted molar refractivity (Wildman–Crippen MR) is 79.5 cm³/mol. The number of ether oxygens (including phenoxy) is 1. The molecular formula is C15H14F2N2OS. The molecule has 21 heavy (non-hydrogen) atoms. The highest BCUT2D eigenvalue weighted by molar-refractivity contribution is 7.16. The monoisotopic (exact) mass is 308 g/mol. The molecule has 0 spiro atoms. The number of hydrogen-bond acceptors (Lipinski definition) is 4. The van der Waals surface area contributed by atoms with Crippen LogP contribution < -0.4 is 10.5 Å². The topological polar surface area (TPSA) is 59.0 Å². The molecule has 2 aromatic rings. The van der Waals surface area contributed by atoms with Gasteiger partial charge in [-0.15, -0.1) is 11.3 Å². The van der Waals surface area contributed by atoms with Crippen LogP contribution in [-0.2, 0) is 6.42 Å². The van der Waals surface area contributed by atoms with Gasteiger partial charge in [-0.2, -0.15) is 14.0 Å². The summed E-state index contributed by atoms with van der Waals surface area (Å²) in [5.74, 6) is 0.0931. The average molecular weight is 308 g/mol. The van der Waals surface area contributed by atoms with Gasteiger partial charge in [0.1, 0.15) is 16.7 Å². The molecule has 0 saturated carbocycles. The third-order valence-corrected chi connectivity index (χ3v) is 4.18. The molecule has 1 aromatic heterocycles. The van der Waals surface area contributed by atoms with Gasteiger partial charge in [-0.1, -0.05) is 25.5 Å². The molecule has 110 valence electrons. The molecule has 0 amide bonds. The van der Waals surface area contributed by atoms with Crippen LogP contribution in [0, 0.1) is 11.3 Å². The number of halogens is 2. The van der Waals surface area contributed by atoms with Crippen molar-refractivity contribution in [1.29, 1.82) is 5.26 Å². The Kier molecular flexibility index (Phi) is 4.76. The number of nitriles is 1. The summed E-state index contributed by atoms with van der Waals surface area (Å²) in [5.41, 5.74) is 7.79. The molecule has 0 atom stereocenters. The Morgan fingerprint density at radius 1 is 1.38 bits per heavy atom. The summed E-state index contributed by atoms with van der Waals surface area (Å²) in [5, 5.41) is 9.12. The second kappa shape index (κ2) is 6.55. The first kappa shape index (κ1) is 15.3. The van der Waals surface area contributed by atoms with Crippen molar-refractivity contribution in [2.75, 3.05) is 5.73 Å². The molecule has 0 radical (unpaired) electrons. The summed E-state index contributed by atoms with van der Waals surface area (Å²) >= 11 is 1.21. The highest BCUT2D eigenvalue weighted by Crippen LogP contribution is 2.42. The summed E-state index contributed by atoms with van der Waals surface area (Å²) < 4.78 is 29.6. The van der Waals surface area contributed by atoms with Gasteiger partial charge >= 0.3 is 6.61 Å². The summed E-state index contributed by atoms with van der Waals surface area (Å²) in [6, 6.07) is 8.60. The van der Waals surface area contributed by atoms with Crippen LogP contribution in [0.15, 0.2) is 24.3 Å². The maximum absolute atomic E-state index is 12.5.